The molecule has 1 fully saturated rings. The largest absolute Gasteiger partial charge is 0.377 e. The van der Waals surface area contributed by atoms with Gasteiger partial charge in [0.05, 0.1) is 0 Å². The van der Waals surface area contributed by atoms with Crippen LogP contribution in [-0.2, 0) is 0 Å². The summed E-state index contributed by atoms with van der Waals surface area (Å²) in [5.74, 6) is 6.40. The number of hydrogen-bond acceptors (Lipinski definition) is 3. The SMILES string of the molecule is CCC(O)(C#Cc1ccccc1)C(C)CN1CCN(C)CC1. The highest BCUT2D eigenvalue weighted by atomic mass is 16.3. The molecule has 1 aliphatic rings. The maximum atomic E-state index is 10.9. The first-order valence-electron chi connectivity index (χ1n) is 8.25. The van der Waals surface area contributed by atoms with E-state index >= 15 is 0 Å². The lowest BCUT2D eigenvalue weighted by Crippen LogP contribution is -2.49. The van der Waals surface area contributed by atoms with E-state index in [0.717, 1.165) is 38.3 Å². The van der Waals surface area contributed by atoms with Gasteiger partial charge < -0.3 is 14.9 Å². The monoisotopic (exact) mass is 300 g/mol. The van der Waals surface area contributed by atoms with E-state index in [-0.39, 0.29) is 5.92 Å². The molecule has 0 bridgehead atoms. The van der Waals surface area contributed by atoms with Crippen molar-refractivity contribution in [1.29, 1.82) is 0 Å². The highest BCUT2D eigenvalue weighted by Gasteiger charge is 2.31. The number of aliphatic hydroxyl groups is 1. The number of rotatable bonds is 4. The van der Waals surface area contributed by atoms with Crippen molar-refractivity contribution in [2.24, 2.45) is 5.92 Å². The minimum Gasteiger partial charge on any atom is -0.377 e. The number of hydrogen-bond donors (Lipinski definition) is 1. The number of piperazine rings is 1. The molecule has 0 spiro atoms. The Kier molecular flexibility index (Phi) is 6.02. The molecule has 0 aromatic heterocycles. The lowest BCUT2D eigenvalue weighted by atomic mass is 9.86. The van der Waals surface area contributed by atoms with E-state index in [1.54, 1.807) is 0 Å². The third-order valence-corrected chi connectivity index (χ3v) is 4.68. The molecule has 1 aromatic carbocycles. The van der Waals surface area contributed by atoms with Gasteiger partial charge in [-0.25, -0.2) is 0 Å². The Morgan fingerprint density at radius 1 is 1.18 bits per heavy atom. The van der Waals surface area contributed by atoms with Gasteiger partial charge in [0.2, 0.25) is 0 Å². The van der Waals surface area contributed by atoms with Gasteiger partial charge in [-0.1, -0.05) is 43.9 Å². The Morgan fingerprint density at radius 2 is 1.82 bits per heavy atom. The van der Waals surface area contributed by atoms with Crippen LogP contribution in [0.3, 0.4) is 0 Å². The van der Waals surface area contributed by atoms with E-state index in [4.69, 9.17) is 0 Å². The Hall–Kier alpha value is -1.34. The van der Waals surface area contributed by atoms with Crippen LogP contribution >= 0.6 is 0 Å². The molecule has 3 heteroatoms. The summed E-state index contributed by atoms with van der Waals surface area (Å²) in [4.78, 5) is 4.79. The quantitative estimate of drug-likeness (QED) is 0.862. The molecule has 1 heterocycles. The molecule has 120 valence electrons. The number of nitrogens with zero attached hydrogens (tertiary/aromatic N) is 2. The molecule has 0 radical (unpaired) electrons. The Morgan fingerprint density at radius 3 is 2.41 bits per heavy atom. The summed E-state index contributed by atoms with van der Waals surface area (Å²) >= 11 is 0. The first kappa shape index (κ1) is 17.0. The Balaban J connectivity index is 2.01. The van der Waals surface area contributed by atoms with Gasteiger partial charge in [0, 0.05) is 44.2 Å². The third-order valence-electron chi connectivity index (χ3n) is 4.68. The fourth-order valence-corrected chi connectivity index (χ4v) is 2.83. The van der Waals surface area contributed by atoms with Gasteiger partial charge >= 0.3 is 0 Å². The van der Waals surface area contributed by atoms with Gasteiger partial charge in [0.25, 0.3) is 0 Å². The van der Waals surface area contributed by atoms with Crippen LogP contribution in [-0.4, -0.2) is 60.3 Å². The summed E-state index contributed by atoms with van der Waals surface area (Å²) < 4.78 is 0. The van der Waals surface area contributed by atoms with E-state index < -0.39 is 5.60 Å². The predicted molar refractivity (Wildman–Crippen MR) is 91.7 cm³/mol. The van der Waals surface area contributed by atoms with Crippen LogP contribution < -0.4 is 0 Å². The molecule has 1 aromatic rings. The van der Waals surface area contributed by atoms with Gasteiger partial charge in [0.1, 0.15) is 5.60 Å². The fourth-order valence-electron chi connectivity index (χ4n) is 2.83. The minimum atomic E-state index is -0.917. The summed E-state index contributed by atoms with van der Waals surface area (Å²) in [6.45, 7) is 9.39. The molecule has 22 heavy (non-hydrogen) atoms. The van der Waals surface area contributed by atoms with Gasteiger partial charge in [0.15, 0.2) is 0 Å². The van der Waals surface area contributed by atoms with Crippen molar-refractivity contribution < 1.29 is 5.11 Å². The number of benzene rings is 1. The van der Waals surface area contributed by atoms with Crippen LogP contribution in [0, 0.1) is 17.8 Å². The summed E-state index contributed by atoms with van der Waals surface area (Å²) in [7, 11) is 2.16. The predicted octanol–water partition coefficient (Wildman–Crippen LogP) is 2.06. The van der Waals surface area contributed by atoms with Crippen molar-refractivity contribution >= 4 is 0 Å². The summed E-state index contributed by atoms with van der Waals surface area (Å²) in [5, 5.41) is 10.9. The molecule has 0 amide bonds. The summed E-state index contributed by atoms with van der Waals surface area (Å²) in [6.07, 6.45) is 0.655. The van der Waals surface area contributed by atoms with Crippen LogP contribution in [0.5, 0.6) is 0 Å². The molecule has 0 saturated carbocycles. The molecule has 2 rings (SSSR count). The second-order valence-electron chi connectivity index (χ2n) is 6.40. The zero-order valence-electron chi connectivity index (χ0n) is 14.0. The number of likely N-dealkylation sites (N-methyl/N-ethyl adjacent to an activating group) is 1. The Bertz CT molecular complexity index is 511. The van der Waals surface area contributed by atoms with Gasteiger partial charge in [-0.05, 0) is 25.6 Å². The third kappa shape index (κ3) is 4.58. The normalized spacial score (nSPS) is 20.7. The highest BCUT2D eigenvalue weighted by Crippen LogP contribution is 2.22. The maximum absolute atomic E-state index is 10.9. The van der Waals surface area contributed by atoms with Crippen molar-refractivity contribution in [2.45, 2.75) is 25.9 Å². The van der Waals surface area contributed by atoms with Crippen molar-refractivity contribution in [3.63, 3.8) is 0 Å². The first-order valence-corrected chi connectivity index (χ1v) is 8.25. The van der Waals surface area contributed by atoms with Crippen LogP contribution in [0.2, 0.25) is 0 Å². The molecule has 3 nitrogen and oxygen atoms in total. The summed E-state index contributed by atoms with van der Waals surface area (Å²) in [6, 6.07) is 9.89. The van der Waals surface area contributed by atoms with E-state index in [2.05, 4.69) is 35.6 Å². The van der Waals surface area contributed by atoms with Gasteiger partial charge in [-0.2, -0.15) is 0 Å². The molecular formula is C19H28N2O. The molecule has 2 unspecified atom stereocenters. The average Bonchev–Trinajstić information content (AvgIpc) is 2.55. The second kappa shape index (κ2) is 7.78. The zero-order chi connectivity index (χ0) is 16.0. The zero-order valence-corrected chi connectivity index (χ0v) is 14.0. The van der Waals surface area contributed by atoms with Crippen LogP contribution in [0.1, 0.15) is 25.8 Å². The topological polar surface area (TPSA) is 26.7 Å². The maximum Gasteiger partial charge on any atom is 0.129 e. The fraction of sp³-hybridized carbons (Fsp3) is 0.579. The minimum absolute atomic E-state index is 0.136. The molecular weight excluding hydrogens is 272 g/mol. The molecule has 1 saturated heterocycles. The van der Waals surface area contributed by atoms with Crippen LogP contribution in [0.15, 0.2) is 30.3 Å². The molecule has 0 aliphatic carbocycles. The van der Waals surface area contributed by atoms with Crippen LogP contribution in [0.25, 0.3) is 0 Å². The highest BCUT2D eigenvalue weighted by molar-refractivity contribution is 5.36. The molecule has 1 N–H and O–H groups in total. The van der Waals surface area contributed by atoms with Crippen LogP contribution in [0.4, 0.5) is 0 Å². The van der Waals surface area contributed by atoms with E-state index in [0.29, 0.717) is 6.42 Å². The smallest absolute Gasteiger partial charge is 0.129 e. The van der Waals surface area contributed by atoms with Crippen molar-refractivity contribution in [1.82, 2.24) is 9.80 Å². The molecule has 1 aliphatic heterocycles. The summed E-state index contributed by atoms with van der Waals surface area (Å²) in [5.41, 5.74) is 0.0419. The molecule has 2 atom stereocenters. The van der Waals surface area contributed by atoms with Gasteiger partial charge in [-0.3, -0.25) is 0 Å². The first-order chi connectivity index (χ1) is 10.5. The van der Waals surface area contributed by atoms with Crippen molar-refractivity contribution in [3.05, 3.63) is 35.9 Å². The van der Waals surface area contributed by atoms with E-state index in [9.17, 15) is 5.11 Å². The lowest BCUT2D eigenvalue weighted by molar-refractivity contribution is 0.0165. The van der Waals surface area contributed by atoms with Gasteiger partial charge in [-0.15, -0.1) is 0 Å². The van der Waals surface area contributed by atoms with E-state index in [1.807, 2.05) is 37.3 Å². The Labute approximate surface area is 134 Å². The van der Waals surface area contributed by atoms with E-state index in [1.165, 1.54) is 0 Å². The average molecular weight is 300 g/mol. The lowest BCUT2D eigenvalue weighted by Gasteiger charge is -2.37. The standard InChI is InChI=1S/C19H28N2O/c1-4-19(22,11-10-18-8-6-5-7-9-18)17(2)16-21-14-12-20(3)13-15-21/h5-9,17,22H,4,12-16H2,1-3H3. The second-order valence-corrected chi connectivity index (χ2v) is 6.40. The van der Waals surface area contributed by atoms with Crippen molar-refractivity contribution in [2.75, 3.05) is 39.8 Å². The van der Waals surface area contributed by atoms with Crippen molar-refractivity contribution in [3.8, 4) is 11.8 Å².